The van der Waals surface area contributed by atoms with Gasteiger partial charge in [0.15, 0.2) is 3.79 Å². The summed E-state index contributed by atoms with van der Waals surface area (Å²) in [4.78, 5) is 11.5. The van der Waals surface area contributed by atoms with Gasteiger partial charge in [0, 0.05) is 11.8 Å². The summed E-state index contributed by atoms with van der Waals surface area (Å²) in [5.74, 6) is 0.454. The molecular weight excluding hydrogens is 242 g/mol. The molecule has 0 unspecified atom stereocenters. The van der Waals surface area contributed by atoms with Gasteiger partial charge in [0.05, 0.1) is 0 Å². The van der Waals surface area contributed by atoms with E-state index in [1.807, 2.05) is 0 Å². The van der Waals surface area contributed by atoms with E-state index in [1.54, 1.807) is 6.92 Å². The van der Waals surface area contributed by atoms with Gasteiger partial charge in [0.2, 0.25) is 0 Å². The number of halogens is 3. The predicted octanol–water partition coefficient (Wildman–Crippen LogP) is 3.38. The summed E-state index contributed by atoms with van der Waals surface area (Å²) in [5, 5.41) is 0. The number of fused-ring (bicyclic) bond motifs is 2. The fourth-order valence-corrected chi connectivity index (χ4v) is 3.72. The Bertz CT molecular complexity index is 292. The second kappa shape index (κ2) is 3.40. The Morgan fingerprint density at radius 3 is 2.29 bits per heavy atom. The van der Waals surface area contributed by atoms with Crippen molar-refractivity contribution in [2.24, 2.45) is 23.7 Å². The molecule has 0 amide bonds. The van der Waals surface area contributed by atoms with E-state index < -0.39 is 3.79 Å². The molecule has 2 aliphatic rings. The van der Waals surface area contributed by atoms with Gasteiger partial charge in [0.1, 0.15) is 5.78 Å². The lowest BCUT2D eigenvalue weighted by Crippen LogP contribution is -2.34. The first-order valence-electron chi connectivity index (χ1n) is 4.66. The molecule has 4 atom stereocenters. The molecule has 0 N–H and O–H groups in total. The molecule has 0 heterocycles. The Kier molecular flexibility index (Phi) is 2.62. The zero-order valence-corrected chi connectivity index (χ0v) is 9.98. The highest BCUT2D eigenvalue weighted by atomic mass is 35.6. The van der Waals surface area contributed by atoms with Crippen molar-refractivity contribution >= 4 is 40.6 Å². The molecule has 78 valence electrons. The molecule has 4 heteroatoms. The number of carbonyl (C=O) groups excluding carboxylic acids is 1. The molecule has 2 aliphatic carbocycles. The van der Waals surface area contributed by atoms with Crippen molar-refractivity contribution in [3.8, 4) is 0 Å². The lowest BCUT2D eigenvalue weighted by Gasteiger charge is -2.31. The van der Waals surface area contributed by atoms with E-state index in [0.29, 0.717) is 0 Å². The van der Waals surface area contributed by atoms with E-state index in [2.05, 4.69) is 12.2 Å². The van der Waals surface area contributed by atoms with Crippen LogP contribution in [0, 0.1) is 23.7 Å². The summed E-state index contributed by atoms with van der Waals surface area (Å²) in [7, 11) is 0. The summed E-state index contributed by atoms with van der Waals surface area (Å²) in [6.45, 7) is 1.59. The van der Waals surface area contributed by atoms with Gasteiger partial charge < -0.3 is 0 Å². The second-order valence-corrected chi connectivity index (χ2v) is 6.52. The monoisotopic (exact) mass is 252 g/mol. The quantitative estimate of drug-likeness (QED) is 0.517. The summed E-state index contributed by atoms with van der Waals surface area (Å²) in [6, 6.07) is 0. The Hall–Kier alpha value is 0.280. The van der Waals surface area contributed by atoms with E-state index in [4.69, 9.17) is 34.8 Å². The average Bonchev–Trinajstić information content (AvgIpc) is 2.58. The van der Waals surface area contributed by atoms with E-state index in [1.165, 1.54) is 0 Å². The van der Waals surface area contributed by atoms with Crippen molar-refractivity contribution < 1.29 is 4.79 Å². The number of alkyl halides is 3. The lowest BCUT2D eigenvalue weighted by atomic mass is 9.81. The highest BCUT2D eigenvalue weighted by molar-refractivity contribution is 6.67. The van der Waals surface area contributed by atoms with E-state index in [9.17, 15) is 4.79 Å². The number of carbonyl (C=O) groups is 1. The first kappa shape index (κ1) is 10.8. The second-order valence-electron chi connectivity index (χ2n) is 4.15. The normalized spacial score (nSPS) is 40.6. The molecule has 0 saturated heterocycles. The van der Waals surface area contributed by atoms with Gasteiger partial charge in [-0.3, -0.25) is 4.79 Å². The van der Waals surface area contributed by atoms with Gasteiger partial charge in [-0.1, -0.05) is 47.0 Å². The van der Waals surface area contributed by atoms with Crippen LogP contribution in [0.2, 0.25) is 0 Å². The maximum atomic E-state index is 11.5. The zero-order valence-electron chi connectivity index (χ0n) is 7.71. The molecule has 0 aromatic rings. The molecule has 0 spiro atoms. The first-order valence-corrected chi connectivity index (χ1v) is 5.80. The molecule has 14 heavy (non-hydrogen) atoms. The van der Waals surface area contributed by atoms with Gasteiger partial charge in [-0.25, -0.2) is 0 Å². The Morgan fingerprint density at radius 2 is 1.86 bits per heavy atom. The van der Waals surface area contributed by atoms with Crippen LogP contribution in [-0.4, -0.2) is 9.58 Å². The molecule has 0 aromatic heterocycles. The topological polar surface area (TPSA) is 17.1 Å². The standard InChI is InChI=1S/C10H11Cl3O/c1-5(14)8-6-2-3-7(4-6)9(8)10(11,12)13/h2-3,6-9H,4H2,1H3/t6-,7-,8+,9+/m0/s1. The van der Waals surface area contributed by atoms with Gasteiger partial charge in [0.25, 0.3) is 0 Å². The predicted molar refractivity (Wildman–Crippen MR) is 58.7 cm³/mol. The molecule has 1 nitrogen and oxygen atoms in total. The van der Waals surface area contributed by atoms with Gasteiger partial charge in [-0.05, 0) is 25.2 Å². The smallest absolute Gasteiger partial charge is 0.194 e. The van der Waals surface area contributed by atoms with Crippen LogP contribution in [0.15, 0.2) is 12.2 Å². The third-order valence-corrected chi connectivity index (χ3v) is 4.06. The number of allylic oxidation sites excluding steroid dienone is 2. The van der Waals surface area contributed by atoms with Crippen molar-refractivity contribution in [1.82, 2.24) is 0 Å². The number of rotatable bonds is 1. The lowest BCUT2D eigenvalue weighted by molar-refractivity contribution is -0.122. The summed E-state index contributed by atoms with van der Waals surface area (Å²) >= 11 is 17.8. The van der Waals surface area contributed by atoms with Crippen LogP contribution in [0.1, 0.15) is 13.3 Å². The molecule has 0 radical (unpaired) electrons. The van der Waals surface area contributed by atoms with Gasteiger partial charge >= 0.3 is 0 Å². The minimum Gasteiger partial charge on any atom is -0.300 e. The third-order valence-electron chi connectivity index (χ3n) is 3.31. The number of hydrogen-bond acceptors (Lipinski definition) is 1. The first-order chi connectivity index (χ1) is 6.41. The van der Waals surface area contributed by atoms with E-state index in [0.717, 1.165) is 6.42 Å². The van der Waals surface area contributed by atoms with Crippen LogP contribution < -0.4 is 0 Å². The van der Waals surface area contributed by atoms with Crippen LogP contribution >= 0.6 is 34.8 Å². The number of ketones is 1. The van der Waals surface area contributed by atoms with Crippen molar-refractivity contribution in [2.45, 2.75) is 17.1 Å². The molecule has 1 fully saturated rings. The van der Waals surface area contributed by atoms with Crippen LogP contribution in [0.5, 0.6) is 0 Å². The Labute approximate surface area is 98.4 Å². The van der Waals surface area contributed by atoms with E-state index >= 15 is 0 Å². The highest BCUT2D eigenvalue weighted by Gasteiger charge is 2.54. The van der Waals surface area contributed by atoms with Crippen molar-refractivity contribution in [3.63, 3.8) is 0 Å². The minimum absolute atomic E-state index is 0.0995. The Balaban J connectivity index is 2.31. The fourth-order valence-electron chi connectivity index (χ4n) is 2.82. The molecule has 2 bridgehead atoms. The summed E-state index contributed by atoms with van der Waals surface area (Å²) in [6.07, 6.45) is 5.13. The van der Waals surface area contributed by atoms with Crippen LogP contribution in [0.3, 0.4) is 0 Å². The van der Waals surface area contributed by atoms with Gasteiger partial charge in [-0.15, -0.1) is 0 Å². The summed E-state index contributed by atoms with van der Waals surface area (Å²) in [5.41, 5.74) is 0. The molecule has 2 rings (SSSR count). The molecular formula is C10H11Cl3O. The van der Waals surface area contributed by atoms with E-state index in [-0.39, 0.29) is 29.5 Å². The van der Waals surface area contributed by atoms with Crippen molar-refractivity contribution in [2.75, 3.05) is 0 Å². The number of Topliss-reactive ketones (excluding diaryl/α,β-unsaturated/α-hetero) is 1. The van der Waals surface area contributed by atoms with Crippen molar-refractivity contribution in [1.29, 1.82) is 0 Å². The molecule has 0 aromatic carbocycles. The average molecular weight is 254 g/mol. The molecule has 0 aliphatic heterocycles. The van der Waals surface area contributed by atoms with Crippen LogP contribution in [0.4, 0.5) is 0 Å². The number of hydrogen-bond donors (Lipinski definition) is 0. The highest BCUT2D eigenvalue weighted by Crippen LogP contribution is 2.56. The Morgan fingerprint density at radius 1 is 1.29 bits per heavy atom. The largest absolute Gasteiger partial charge is 0.300 e. The third kappa shape index (κ3) is 1.60. The van der Waals surface area contributed by atoms with Crippen LogP contribution in [0.25, 0.3) is 0 Å². The summed E-state index contributed by atoms with van der Waals surface area (Å²) < 4.78 is -1.32. The maximum absolute atomic E-state index is 11.5. The van der Waals surface area contributed by atoms with Gasteiger partial charge in [-0.2, -0.15) is 0 Å². The maximum Gasteiger partial charge on any atom is 0.194 e. The zero-order chi connectivity index (χ0) is 10.5. The SMILES string of the molecule is CC(=O)[C@H]1[C@H](C(Cl)(Cl)Cl)[C@H]2C=C[C@H]1C2. The van der Waals surface area contributed by atoms with Crippen LogP contribution in [-0.2, 0) is 4.79 Å². The molecule has 1 saturated carbocycles. The fraction of sp³-hybridized carbons (Fsp3) is 0.700. The minimum atomic E-state index is -1.32. The van der Waals surface area contributed by atoms with Crippen molar-refractivity contribution in [3.05, 3.63) is 12.2 Å².